The number of carbonyl (C=O) groups is 1. The van der Waals surface area contributed by atoms with Crippen LogP contribution in [-0.4, -0.2) is 18.0 Å². The molecule has 0 aliphatic rings. The standard InChI is InChI=1S/C19H12BrClN2O3S/c1-25-16-9-17-13(8-12(16)21)22-19(27-17)23-18(24)15-7-6-14(26-15)10-2-4-11(20)5-3-10/h2-9H,1H3,(H,22,23,24). The highest BCUT2D eigenvalue weighted by Crippen LogP contribution is 2.34. The number of halogens is 2. The van der Waals surface area contributed by atoms with Gasteiger partial charge in [-0.3, -0.25) is 10.1 Å². The Balaban J connectivity index is 1.55. The second kappa shape index (κ2) is 7.34. The fraction of sp³-hybridized carbons (Fsp3) is 0.0526. The van der Waals surface area contributed by atoms with Gasteiger partial charge in [0.2, 0.25) is 0 Å². The first-order valence-electron chi connectivity index (χ1n) is 7.84. The molecule has 0 atom stereocenters. The molecular formula is C19H12BrClN2O3S. The van der Waals surface area contributed by atoms with Gasteiger partial charge >= 0.3 is 0 Å². The zero-order chi connectivity index (χ0) is 19.0. The Morgan fingerprint density at radius 2 is 2.00 bits per heavy atom. The normalized spacial score (nSPS) is 10.9. The fourth-order valence-corrected chi connectivity index (χ4v) is 3.90. The number of anilines is 1. The van der Waals surface area contributed by atoms with E-state index in [0.717, 1.165) is 14.7 Å². The van der Waals surface area contributed by atoms with Crippen LogP contribution >= 0.6 is 38.9 Å². The SMILES string of the molecule is COc1cc2sc(NC(=O)c3ccc(-c4ccc(Br)cc4)o3)nc2cc1Cl. The molecule has 0 radical (unpaired) electrons. The van der Waals surface area contributed by atoms with Crippen molar-refractivity contribution in [2.24, 2.45) is 0 Å². The van der Waals surface area contributed by atoms with Crippen LogP contribution in [0.15, 0.2) is 57.4 Å². The summed E-state index contributed by atoms with van der Waals surface area (Å²) in [7, 11) is 1.55. The van der Waals surface area contributed by atoms with Gasteiger partial charge in [-0.2, -0.15) is 0 Å². The molecule has 0 bridgehead atoms. The van der Waals surface area contributed by atoms with Crippen molar-refractivity contribution < 1.29 is 13.9 Å². The monoisotopic (exact) mass is 462 g/mol. The highest BCUT2D eigenvalue weighted by molar-refractivity contribution is 9.10. The maximum absolute atomic E-state index is 12.5. The molecule has 8 heteroatoms. The zero-order valence-electron chi connectivity index (χ0n) is 14.0. The maximum Gasteiger partial charge on any atom is 0.293 e. The first-order chi connectivity index (χ1) is 13.0. The van der Waals surface area contributed by atoms with Crippen LogP contribution in [0.5, 0.6) is 5.75 Å². The van der Waals surface area contributed by atoms with Crippen LogP contribution in [0, 0.1) is 0 Å². The second-order valence-corrected chi connectivity index (χ2v) is 7.95. The van der Waals surface area contributed by atoms with Gasteiger partial charge in [-0.25, -0.2) is 4.98 Å². The van der Waals surface area contributed by atoms with Gasteiger partial charge in [0.15, 0.2) is 10.9 Å². The van der Waals surface area contributed by atoms with Gasteiger partial charge in [-0.1, -0.05) is 51.0 Å². The Labute approximate surface area is 172 Å². The van der Waals surface area contributed by atoms with Crippen LogP contribution in [0.4, 0.5) is 5.13 Å². The van der Waals surface area contributed by atoms with Crippen LogP contribution in [0.25, 0.3) is 21.5 Å². The topological polar surface area (TPSA) is 64.4 Å². The summed E-state index contributed by atoms with van der Waals surface area (Å²) in [6.07, 6.45) is 0. The molecule has 1 amide bonds. The Morgan fingerprint density at radius 1 is 1.22 bits per heavy atom. The summed E-state index contributed by atoms with van der Waals surface area (Å²) in [5.41, 5.74) is 1.58. The summed E-state index contributed by atoms with van der Waals surface area (Å²) in [6.45, 7) is 0. The third kappa shape index (κ3) is 3.71. The molecule has 0 unspecified atom stereocenters. The van der Waals surface area contributed by atoms with Gasteiger partial charge in [-0.05, 0) is 30.3 Å². The van der Waals surface area contributed by atoms with E-state index in [-0.39, 0.29) is 11.7 Å². The van der Waals surface area contributed by atoms with Crippen molar-refractivity contribution in [3.8, 4) is 17.1 Å². The van der Waals surface area contributed by atoms with E-state index in [1.165, 1.54) is 11.3 Å². The van der Waals surface area contributed by atoms with Crippen molar-refractivity contribution in [3.63, 3.8) is 0 Å². The number of carbonyl (C=O) groups excluding carboxylic acids is 1. The number of rotatable bonds is 4. The number of amides is 1. The third-order valence-corrected chi connectivity index (χ3v) is 5.60. The van der Waals surface area contributed by atoms with Crippen molar-refractivity contribution in [3.05, 3.63) is 63.8 Å². The number of hydrogen-bond acceptors (Lipinski definition) is 5. The average molecular weight is 464 g/mol. The number of hydrogen-bond donors (Lipinski definition) is 1. The third-order valence-electron chi connectivity index (χ3n) is 3.84. The number of benzene rings is 2. The molecule has 27 heavy (non-hydrogen) atoms. The van der Waals surface area contributed by atoms with E-state index in [2.05, 4.69) is 26.2 Å². The van der Waals surface area contributed by atoms with Gasteiger partial charge in [-0.15, -0.1) is 0 Å². The number of thiazole rings is 1. The van der Waals surface area contributed by atoms with E-state index in [0.29, 0.717) is 27.2 Å². The Kier molecular flexibility index (Phi) is 4.90. The molecule has 0 spiro atoms. The highest BCUT2D eigenvalue weighted by Gasteiger charge is 2.15. The summed E-state index contributed by atoms with van der Waals surface area (Å²) < 4.78 is 12.7. The molecule has 0 aliphatic carbocycles. The van der Waals surface area contributed by atoms with Crippen LogP contribution in [0.2, 0.25) is 5.02 Å². The summed E-state index contributed by atoms with van der Waals surface area (Å²) in [4.78, 5) is 16.9. The molecule has 4 aromatic rings. The van der Waals surface area contributed by atoms with Crippen LogP contribution in [0.3, 0.4) is 0 Å². The lowest BCUT2D eigenvalue weighted by Crippen LogP contribution is -2.10. The van der Waals surface area contributed by atoms with E-state index >= 15 is 0 Å². The van der Waals surface area contributed by atoms with E-state index in [1.807, 2.05) is 24.3 Å². The minimum Gasteiger partial charge on any atom is -0.495 e. The highest BCUT2D eigenvalue weighted by atomic mass is 79.9. The molecule has 136 valence electrons. The van der Waals surface area contributed by atoms with Gasteiger partial charge in [0.1, 0.15) is 11.5 Å². The number of nitrogens with zero attached hydrogens (tertiary/aromatic N) is 1. The van der Waals surface area contributed by atoms with Gasteiger partial charge in [0.25, 0.3) is 5.91 Å². The summed E-state index contributed by atoms with van der Waals surface area (Å²) >= 11 is 10.8. The number of nitrogens with one attached hydrogen (secondary N) is 1. The number of ether oxygens (including phenoxy) is 1. The Bertz CT molecular complexity index is 1140. The second-order valence-electron chi connectivity index (χ2n) is 5.60. The largest absolute Gasteiger partial charge is 0.495 e. The maximum atomic E-state index is 12.5. The molecular weight excluding hydrogens is 452 g/mol. The minimum atomic E-state index is -0.365. The molecule has 2 aromatic heterocycles. The number of methoxy groups -OCH3 is 1. The van der Waals surface area contributed by atoms with Crippen LogP contribution < -0.4 is 10.1 Å². The van der Waals surface area contributed by atoms with Crippen molar-refractivity contribution in [1.29, 1.82) is 0 Å². The van der Waals surface area contributed by atoms with E-state index in [4.69, 9.17) is 20.8 Å². The molecule has 2 heterocycles. The first kappa shape index (κ1) is 18.0. The smallest absolute Gasteiger partial charge is 0.293 e. The van der Waals surface area contributed by atoms with Gasteiger partial charge < -0.3 is 9.15 Å². The number of furan rings is 1. The van der Waals surface area contributed by atoms with Crippen molar-refractivity contribution in [1.82, 2.24) is 4.98 Å². The average Bonchev–Trinajstić information content (AvgIpc) is 3.28. The summed E-state index contributed by atoms with van der Waals surface area (Å²) in [5, 5.41) is 3.69. The van der Waals surface area contributed by atoms with E-state index in [1.54, 1.807) is 31.4 Å². The molecule has 1 N–H and O–H groups in total. The fourth-order valence-electron chi connectivity index (χ4n) is 2.53. The summed E-state index contributed by atoms with van der Waals surface area (Å²) in [5.74, 6) is 1.03. The lowest BCUT2D eigenvalue weighted by atomic mass is 10.2. The minimum absolute atomic E-state index is 0.211. The zero-order valence-corrected chi connectivity index (χ0v) is 17.1. The Hall–Kier alpha value is -2.35. The number of fused-ring (bicyclic) bond motifs is 1. The lowest BCUT2D eigenvalue weighted by Gasteiger charge is -2.00. The van der Waals surface area contributed by atoms with Crippen LogP contribution in [0.1, 0.15) is 10.6 Å². The number of aromatic nitrogens is 1. The quantitative estimate of drug-likeness (QED) is 0.389. The van der Waals surface area contributed by atoms with Crippen LogP contribution in [-0.2, 0) is 0 Å². The molecule has 0 saturated carbocycles. The van der Waals surface area contributed by atoms with Crippen molar-refractivity contribution >= 4 is 60.1 Å². The Morgan fingerprint density at radius 3 is 2.74 bits per heavy atom. The van der Waals surface area contributed by atoms with E-state index < -0.39 is 0 Å². The predicted octanol–water partition coefficient (Wildman–Crippen LogP) is 6.23. The first-order valence-corrected chi connectivity index (χ1v) is 9.83. The molecule has 0 saturated heterocycles. The summed E-state index contributed by atoms with van der Waals surface area (Å²) in [6, 6.07) is 14.6. The van der Waals surface area contributed by atoms with Gasteiger partial charge in [0.05, 0.1) is 22.3 Å². The van der Waals surface area contributed by atoms with Gasteiger partial charge in [0, 0.05) is 16.1 Å². The molecule has 0 aliphatic heterocycles. The lowest BCUT2D eigenvalue weighted by molar-refractivity contribution is 0.0997. The molecule has 2 aromatic carbocycles. The molecule has 0 fully saturated rings. The van der Waals surface area contributed by atoms with Crippen molar-refractivity contribution in [2.45, 2.75) is 0 Å². The predicted molar refractivity (Wildman–Crippen MR) is 111 cm³/mol. The van der Waals surface area contributed by atoms with Crippen molar-refractivity contribution in [2.75, 3.05) is 12.4 Å². The van der Waals surface area contributed by atoms with E-state index in [9.17, 15) is 4.79 Å². The molecule has 5 nitrogen and oxygen atoms in total. The molecule has 4 rings (SSSR count).